The predicted molar refractivity (Wildman–Crippen MR) is 70.7 cm³/mol. The quantitative estimate of drug-likeness (QED) is 0.656. The van der Waals surface area contributed by atoms with Crippen LogP contribution in [0.3, 0.4) is 0 Å². The number of aromatic nitrogens is 1. The van der Waals surface area contributed by atoms with Crippen molar-refractivity contribution >= 4 is 11.5 Å². The Kier molecular flexibility index (Phi) is 3.50. The van der Waals surface area contributed by atoms with E-state index in [1.54, 1.807) is 13.1 Å². The third-order valence-corrected chi connectivity index (χ3v) is 3.78. The fourth-order valence-corrected chi connectivity index (χ4v) is 2.52. The lowest BCUT2D eigenvalue weighted by atomic mass is 9.89. The van der Waals surface area contributed by atoms with Gasteiger partial charge in [-0.15, -0.1) is 0 Å². The second-order valence-electron chi connectivity index (χ2n) is 5.48. The Morgan fingerprint density at radius 3 is 2.78 bits per heavy atom. The summed E-state index contributed by atoms with van der Waals surface area (Å²) in [4.78, 5) is 14.7. The summed E-state index contributed by atoms with van der Waals surface area (Å²) >= 11 is 0. The zero-order valence-electron chi connectivity index (χ0n) is 10.9. The van der Waals surface area contributed by atoms with Gasteiger partial charge in [0.15, 0.2) is 0 Å². The van der Waals surface area contributed by atoms with Gasteiger partial charge >= 0.3 is 0 Å². The Bertz CT molecular complexity index is 454. The van der Waals surface area contributed by atoms with E-state index in [-0.39, 0.29) is 10.6 Å². The SMILES string of the molecule is Cc1cnc(NCC2(C)CCCC2)cc1[N+](=O)[O-]. The Morgan fingerprint density at radius 1 is 1.50 bits per heavy atom. The van der Waals surface area contributed by atoms with Crippen molar-refractivity contribution in [1.82, 2.24) is 4.98 Å². The summed E-state index contributed by atoms with van der Waals surface area (Å²) in [5.74, 6) is 0.598. The van der Waals surface area contributed by atoms with Crippen LogP contribution in [0.15, 0.2) is 12.3 Å². The summed E-state index contributed by atoms with van der Waals surface area (Å²) in [5.41, 5.74) is 1.03. The Labute approximate surface area is 107 Å². The van der Waals surface area contributed by atoms with Gasteiger partial charge in [-0.1, -0.05) is 19.8 Å². The molecule has 2 rings (SSSR count). The molecule has 1 aromatic rings. The molecular weight excluding hydrogens is 230 g/mol. The highest BCUT2D eigenvalue weighted by Gasteiger charge is 2.28. The number of pyridine rings is 1. The topological polar surface area (TPSA) is 68.1 Å². The Morgan fingerprint density at radius 2 is 2.17 bits per heavy atom. The number of nitro groups is 1. The van der Waals surface area contributed by atoms with E-state index in [0.29, 0.717) is 16.8 Å². The van der Waals surface area contributed by atoms with Crippen molar-refractivity contribution in [3.63, 3.8) is 0 Å². The van der Waals surface area contributed by atoms with E-state index in [9.17, 15) is 10.1 Å². The maximum atomic E-state index is 10.8. The average molecular weight is 249 g/mol. The van der Waals surface area contributed by atoms with E-state index >= 15 is 0 Å². The molecule has 0 aromatic carbocycles. The fourth-order valence-electron chi connectivity index (χ4n) is 2.52. The normalized spacial score (nSPS) is 17.7. The van der Waals surface area contributed by atoms with Crippen LogP contribution in [0.5, 0.6) is 0 Å². The average Bonchev–Trinajstić information content (AvgIpc) is 2.75. The highest BCUT2D eigenvalue weighted by molar-refractivity contribution is 5.49. The van der Waals surface area contributed by atoms with Crippen molar-refractivity contribution in [3.8, 4) is 0 Å². The summed E-state index contributed by atoms with van der Waals surface area (Å²) in [6.07, 6.45) is 6.54. The zero-order valence-corrected chi connectivity index (χ0v) is 10.9. The van der Waals surface area contributed by atoms with Gasteiger partial charge in [0.25, 0.3) is 5.69 Å². The van der Waals surface area contributed by atoms with Crippen LogP contribution in [-0.2, 0) is 0 Å². The van der Waals surface area contributed by atoms with Crippen molar-refractivity contribution in [3.05, 3.63) is 27.9 Å². The van der Waals surface area contributed by atoms with Gasteiger partial charge in [0.1, 0.15) is 5.82 Å². The zero-order chi connectivity index (χ0) is 13.2. The van der Waals surface area contributed by atoms with Crippen molar-refractivity contribution < 1.29 is 4.92 Å². The maximum absolute atomic E-state index is 10.8. The first kappa shape index (κ1) is 12.8. The molecule has 0 spiro atoms. The Hall–Kier alpha value is -1.65. The third kappa shape index (κ3) is 2.78. The van der Waals surface area contributed by atoms with Crippen LogP contribution in [0.25, 0.3) is 0 Å². The number of aryl methyl sites for hydroxylation is 1. The molecule has 18 heavy (non-hydrogen) atoms. The van der Waals surface area contributed by atoms with Gasteiger partial charge in [0.2, 0.25) is 0 Å². The molecule has 1 aliphatic carbocycles. The van der Waals surface area contributed by atoms with Gasteiger partial charge in [-0.2, -0.15) is 0 Å². The van der Waals surface area contributed by atoms with Gasteiger partial charge in [-0.05, 0) is 25.2 Å². The predicted octanol–water partition coefficient (Wildman–Crippen LogP) is 3.29. The number of anilines is 1. The lowest BCUT2D eigenvalue weighted by Crippen LogP contribution is -2.23. The fraction of sp³-hybridized carbons (Fsp3) is 0.615. The molecule has 1 aromatic heterocycles. The molecule has 1 saturated carbocycles. The van der Waals surface area contributed by atoms with Crippen molar-refractivity contribution in [2.24, 2.45) is 5.41 Å². The van der Waals surface area contributed by atoms with Crippen LogP contribution in [0, 0.1) is 22.5 Å². The highest BCUT2D eigenvalue weighted by Crippen LogP contribution is 2.37. The van der Waals surface area contributed by atoms with E-state index in [1.165, 1.54) is 31.7 Å². The van der Waals surface area contributed by atoms with Gasteiger partial charge in [0, 0.05) is 18.3 Å². The van der Waals surface area contributed by atoms with E-state index in [2.05, 4.69) is 17.2 Å². The molecule has 1 fully saturated rings. The molecule has 0 saturated heterocycles. The molecule has 98 valence electrons. The second kappa shape index (κ2) is 4.92. The van der Waals surface area contributed by atoms with E-state index in [4.69, 9.17) is 0 Å². The number of hydrogen-bond donors (Lipinski definition) is 1. The molecule has 1 aliphatic rings. The van der Waals surface area contributed by atoms with Crippen molar-refractivity contribution in [1.29, 1.82) is 0 Å². The van der Waals surface area contributed by atoms with Gasteiger partial charge in [0.05, 0.1) is 11.0 Å². The van der Waals surface area contributed by atoms with Gasteiger partial charge in [-0.25, -0.2) is 4.98 Å². The molecule has 0 radical (unpaired) electrons. The lowest BCUT2D eigenvalue weighted by Gasteiger charge is -2.23. The number of hydrogen-bond acceptors (Lipinski definition) is 4. The Balaban J connectivity index is 2.05. The van der Waals surface area contributed by atoms with E-state index < -0.39 is 0 Å². The molecule has 5 heteroatoms. The first-order valence-corrected chi connectivity index (χ1v) is 6.35. The standard InChI is InChI=1S/C13H19N3O2/c1-10-8-14-12(7-11(10)16(17)18)15-9-13(2)5-3-4-6-13/h7-8H,3-6,9H2,1-2H3,(H,14,15). The number of rotatable bonds is 4. The minimum Gasteiger partial charge on any atom is -0.369 e. The van der Waals surface area contributed by atoms with Crippen LogP contribution in [-0.4, -0.2) is 16.5 Å². The number of nitrogens with zero attached hydrogens (tertiary/aromatic N) is 2. The third-order valence-electron chi connectivity index (χ3n) is 3.78. The molecule has 1 heterocycles. The van der Waals surface area contributed by atoms with Crippen LogP contribution in [0.4, 0.5) is 11.5 Å². The summed E-state index contributed by atoms with van der Waals surface area (Å²) < 4.78 is 0. The molecule has 0 amide bonds. The van der Waals surface area contributed by atoms with Crippen LogP contribution < -0.4 is 5.32 Å². The lowest BCUT2D eigenvalue weighted by molar-refractivity contribution is -0.385. The van der Waals surface area contributed by atoms with Crippen LogP contribution in [0.1, 0.15) is 38.2 Å². The second-order valence-corrected chi connectivity index (χ2v) is 5.48. The summed E-state index contributed by atoms with van der Waals surface area (Å²) in [6, 6.07) is 1.52. The van der Waals surface area contributed by atoms with Crippen LogP contribution in [0.2, 0.25) is 0 Å². The molecule has 1 N–H and O–H groups in total. The largest absolute Gasteiger partial charge is 0.369 e. The first-order chi connectivity index (χ1) is 8.50. The highest BCUT2D eigenvalue weighted by atomic mass is 16.6. The summed E-state index contributed by atoms with van der Waals surface area (Å²) in [7, 11) is 0. The van der Waals surface area contributed by atoms with Gasteiger partial charge in [-0.3, -0.25) is 10.1 Å². The number of nitrogens with one attached hydrogen (secondary N) is 1. The van der Waals surface area contributed by atoms with Crippen LogP contribution >= 0.6 is 0 Å². The van der Waals surface area contributed by atoms with Crippen molar-refractivity contribution in [2.75, 3.05) is 11.9 Å². The molecule has 0 atom stereocenters. The maximum Gasteiger partial charge on any atom is 0.277 e. The molecular formula is C13H19N3O2. The summed E-state index contributed by atoms with van der Waals surface area (Å²) in [6.45, 7) is 4.79. The smallest absolute Gasteiger partial charge is 0.277 e. The minimum absolute atomic E-state index is 0.129. The monoisotopic (exact) mass is 249 g/mol. The molecule has 0 bridgehead atoms. The van der Waals surface area contributed by atoms with E-state index in [1.807, 2.05) is 0 Å². The first-order valence-electron chi connectivity index (χ1n) is 6.35. The van der Waals surface area contributed by atoms with Gasteiger partial charge < -0.3 is 5.32 Å². The van der Waals surface area contributed by atoms with Crippen molar-refractivity contribution in [2.45, 2.75) is 39.5 Å². The molecule has 0 unspecified atom stereocenters. The molecule has 0 aliphatic heterocycles. The summed E-state index contributed by atoms with van der Waals surface area (Å²) in [5, 5.41) is 14.1. The molecule has 5 nitrogen and oxygen atoms in total. The van der Waals surface area contributed by atoms with E-state index in [0.717, 1.165) is 6.54 Å². The minimum atomic E-state index is -0.362.